The Morgan fingerprint density at radius 1 is 1.36 bits per heavy atom. The van der Waals surface area contributed by atoms with Crippen LogP contribution >= 0.6 is 0 Å². The van der Waals surface area contributed by atoms with Gasteiger partial charge in [0, 0.05) is 0 Å². The monoisotopic (exact) mass is 157 g/mol. The highest BCUT2D eigenvalue weighted by molar-refractivity contribution is 4.84. The van der Waals surface area contributed by atoms with E-state index in [4.69, 9.17) is 0 Å². The predicted molar refractivity (Wildman–Crippen MR) is 48.5 cm³/mol. The van der Waals surface area contributed by atoms with Crippen LogP contribution in [0.15, 0.2) is 5.18 Å². The van der Waals surface area contributed by atoms with Crippen LogP contribution in [0.25, 0.3) is 0 Å². The molecule has 0 heterocycles. The lowest BCUT2D eigenvalue weighted by molar-refractivity contribution is 0.225. The van der Waals surface area contributed by atoms with Crippen LogP contribution in [-0.4, -0.2) is 6.04 Å². The molecule has 66 valence electrons. The van der Waals surface area contributed by atoms with Crippen LogP contribution in [0, 0.1) is 16.2 Å². The number of hydrogen-bond donors (Lipinski definition) is 0. The third kappa shape index (κ3) is 2.60. The SMILES string of the molecule is CCC(C)(C)C(N=O)C(C)C. The normalized spacial score (nSPS) is 15.1. The molecule has 0 spiro atoms. The largest absolute Gasteiger partial charge is 0.150 e. The van der Waals surface area contributed by atoms with Crippen molar-refractivity contribution in [1.82, 2.24) is 0 Å². The number of hydrogen-bond acceptors (Lipinski definition) is 2. The average Bonchev–Trinajstić information content (AvgIpc) is 1.88. The number of nitroso groups, excluding NO2 is 1. The second-order valence-electron chi connectivity index (χ2n) is 4.14. The van der Waals surface area contributed by atoms with Crippen LogP contribution in [0.3, 0.4) is 0 Å². The molecule has 0 aliphatic heterocycles. The Bertz CT molecular complexity index is 130. The maximum Gasteiger partial charge on any atom is 0.0993 e. The smallest absolute Gasteiger partial charge is 0.0993 e. The van der Waals surface area contributed by atoms with Gasteiger partial charge in [-0.3, -0.25) is 0 Å². The van der Waals surface area contributed by atoms with Crippen molar-refractivity contribution in [3.05, 3.63) is 4.91 Å². The maximum atomic E-state index is 10.5. The lowest BCUT2D eigenvalue weighted by atomic mass is 9.77. The molecule has 0 rings (SSSR count). The van der Waals surface area contributed by atoms with Gasteiger partial charge in [-0.25, -0.2) is 0 Å². The van der Waals surface area contributed by atoms with Crippen LogP contribution in [-0.2, 0) is 0 Å². The van der Waals surface area contributed by atoms with Crippen LogP contribution in [0.1, 0.15) is 41.0 Å². The van der Waals surface area contributed by atoms with Crippen molar-refractivity contribution in [2.45, 2.75) is 47.1 Å². The van der Waals surface area contributed by atoms with E-state index >= 15 is 0 Å². The molecule has 0 saturated heterocycles. The van der Waals surface area contributed by atoms with E-state index < -0.39 is 0 Å². The zero-order valence-corrected chi connectivity index (χ0v) is 8.22. The maximum absolute atomic E-state index is 10.5. The van der Waals surface area contributed by atoms with Gasteiger partial charge in [-0.1, -0.05) is 39.8 Å². The van der Waals surface area contributed by atoms with E-state index in [1.165, 1.54) is 0 Å². The Labute approximate surface area is 69.4 Å². The molecule has 1 atom stereocenters. The predicted octanol–water partition coefficient (Wildman–Crippen LogP) is 3.21. The lowest BCUT2D eigenvalue weighted by Gasteiger charge is -2.30. The van der Waals surface area contributed by atoms with E-state index in [-0.39, 0.29) is 11.5 Å². The highest BCUT2D eigenvalue weighted by Gasteiger charge is 2.31. The molecule has 0 aliphatic rings. The summed E-state index contributed by atoms with van der Waals surface area (Å²) in [5, 5.41) is 3.18. The quantitative estimate of drug-likeness (QED) is 0.576. The first-order valence-electron chi connectivity index (χ1n) is 4.28. The van der Waals surface area contributed by atoms with Crippen molar-refractivity contribution in [3.8, 4) is 0 Å². The summed E-state index contributed by atoms with van der Waals surface area (Å²) in [4.78, 5) is 10.5. The Kier molecular flexibility index (Phi) is 3.70. The Hall–Kier alpha value is -0.400. The highest BCUT2D eigenvalue weighted by Crippen LogP contribution is 2.31. The third-order valence-corrected chi connectivity index (χ3v) is 2.46. The van der Waals surface area contributed by atoms with Gasteiger partial charge in [-0.05, 0) is 17.8 Å². The van der Waals surface area contributed by atoms with Gasteiger partial charge in [0.05, 0.1) is 6.04 Å². The van der Waals surface area contributed by atoms with Gasteiger partial charge < -0.3 is 0 Å². The molecule has 2 heteroatoms. The van der Waals surface area contributed by atoms with Crippen molar-refractivity contribution in [2.24, 2.45) is 16.5 Å². The molecule has 0 amide bonds. The van der Waals surface area contributed by atoms with Crippen LogP contribution < -0.4 is 0 Å². The van der Waals surface area contributed by atoms with E-state index in [9.17, 15) is 4.91 Å². The molecule has 0 aromatic carbocycles. The molecule has 0 N–H and O–H groups in total. The fourth-order valence-electron chi connectivity index (χ4n) is 1.38. The first kappa shape index (κ1) is 10.6. The fourth-order valence-corrected chi connectivity index (χ4v) is 1.38. The summed E-state index contributed by atoms with van der Waals surface area (Å²) in [6, 6.07) is -0.0486. The second-order valence-corrected chi connectivity index (χ2v) is 4.14. The first-order chi connectivity index (χ1) is 4.95. The number of nitrogens with zero attached hydrogens (tertiary/aromatic N) is 1. The standard InChI is InChI=1S/C9H19NO/c1-6-9(4,5)8(10-11)7(2)3/h7-8H,6H2,1-5H3. The van der Waals surface area contributed by atoms with Crippen molar-refractivity contribution in [2.75, 3.05) is 0 Å². The minimum absolute atomic E-state index is 0.0486. The molecule has 1 unspecified atom stereocenters. The van der Waals surface area contributed by atoms with Crippen molar-refractivity contribution in [1.29, 1.82) is 0 Å². The summed E-state index contributed by atoms with van der Waals surface area (Å²) in [6.07, 6.45) is 1.00. The van der Waals surface area contributed by atoms with E-state index in [1.807, 2.05) is 13.8 Å². The molecule has 0 aliphatic carbocycles. The fraction of sp³-hybridized carbons (Fsp3) is 1.00. The van der Waals surface area contributed by atoms with E-state index in [0.717, 1.165) is 6.42 Å². The zero-order chi connectivity index (χ0) is 9.07. The van der Waals surface area contributed by atoms with Crippen molar-refractivity contribution >= 4 is 0 Å². The van der Waals surface area contributed by atoms with Gasteiger partial charge >= 0.3 is 0 Å². The number of rotatable bonds is 4. The minimum atomic E-state index is -0.0486. The van der Waals surface area contributed by atoms with Crippen molar-refractivity contribution < 1.29 is 0 Å². The molecule has 0 bridgehead atoms. The van der Waals surface area contributed by atoms with Crippen molar-refractivity contribution in [3.63, 3.8) is 0 Å². The first-order valence-corrected chi connectivity index (χ1v) is 4.28. The Morgan fingerprint density at radius 3 is 1.91 bits per heavy atom. The third-order valence-electron chi connectivity index (χ3n) is 2.46. The molecule has 0 aromatic heterocycles. The average molecular weight is 157 g/mol. The molecule has 2 nitrogen and oxygen atoms in total. The van der Waals surface area contributed by atoms with Crippen LogP contribution in [0.2, 0.25) is 0 Å². The van der Waals surface area contributed by atoms with Gasteiger partial charge in [0.2, 0.25) is 0 Å². The minimum Gasteiger partial charge on any atom is -0.150 e. The second kappa shape index (κ2) is 3.84. The molecule has 0 aromatic rings. The van der Waals surface area contributed by atoms with Gasteiger partial charge in [-0.2, -0.15) is 4.91 Å². The van der Waals surface area contributed by atoms with Gasteiger partial charge in [0.15, 0.2) is 0 Å². The molecule has 0 radical (unpaired) electrons. The Balaban J connectivity index is 4.35. The van der Waals surface area contributed by atoms with E-state index in [0.29, 0.717) is 5.92 Å². The molecule has 0 fully saturated rings. The topological polar surface area (TPSA) is 29.4 Å². The summed E-state index contributed by atoms with van der Waals surface area (Å²) in [5.41, 5.74) is 0.0515. The Morgan fingerprint density at radius 2 is 1.82 bits per heavy atom. The summed E-state index contributed by atoms with van der Waals surface area (Å²) in [5.74, 6) is 0.349. The zero-order valence-electron chi connectivity index (χ0n) is 8.22. The molecular weight excluding hydrogens is 138 g/mol. The summed E-state index contributed by atoms with van der Waals surface area (Å²) >= 11 is 0. The summed E-state index contributed by atoms with van der Waals surface area (Å²) in [6.45, 7) is 10.4. The van der Waals surface area contributed by atoms with Gasteiger partial charge in [0.1, 0.15) is 0 Å². The highest BCUT2D eigenvalue weighted by atomic mass is 16.3. The van der Waals surface area contributed by atoms with Gasteiger partial charge in [-0.15, -0.1) is 0 Å². The molecule has 11 heavy (non-hydrogen) atoms. The molecular formula is C9H19NO. The summed E-state index contributed by atoms with van der Waals surface area (Å²) < 4.78 is 0. The van der Waals surface area contributed by atoms with E-state index in [2.05, 4.69) is 25.9 Å². The van der Waals surface area contributed by atoms with Crippen LogP contribution in [0.4, 0.5) is 0 Å². The van der Waals surface area contributed by atoms with Crippen LogP contribution in [0.5, 0.6) is 0 Å². The molecule has 0 saturated carbocycles. The summed E-state index contributed by atoms with van der Waals surface area (Å²) in [7, 11) is 0. The van der Waals surface area contributed by atoms with Gasteiger partial charge in [0.25, 0.3) is 0 Å². The lowest BCUT2D eigenvalue weighted by Crippen LogP contribution is -2.31. The van der Waals surface area contributed by atoms with E-state index in [1.54, 1.807) is 0 Å².